The average Bonchev–Trinajstić information content (AvgIpc) is 3.36. The standard InChI is InChI=1S/C29H40N6O3/c1-4-5-16-29(3)20-34(21(2)19-30-29)27-23(12-10-14-25(27)36)18-22-11-6-7-13-24(22)28-31-32-33-35(28)17-9-8-15-26(37)38/h6-7,10-14,21,30,36H,4-5,8-9,15-20H2,1-3H3,(H,37,38)/t21-,29+/m0/s1. The molecule has 3 N–H and O–H groups in total. The van der Waals surface area contributed by atoms with E-state index in [1.165, 1.54) is 0 Å². The van der Waals surface area contributed by atoms with Crippen LogP contribution < -0.4 is 10.2 Å². The average molecular weight is 521 g/mol. The van der Waals surface area contributed by atoms with Crippen LogP contribution in [0.15, 0.2) is 42.5 Å². The van der Waals surface area contributed by atoms with Crippen molar-refractivity contribution in [3.63, 3.8) is 0 Å². The van der Waals surface area contributed by atoms with Crippen molar-refractivity contribution in [2.24, 2.45) is 0 Å². The van der Waals surface area contributed by atoms with E-state index in [0.717, 1.165) is 54.7 Å². The van der Waals surface area contributed by atoms with Gasteiger partial charge in [0.05, 0.1) is 5.69 Å². The van der Waals surface area contributed by atoms with Crippen molar-refractivity contribution >= 4 is 11.7 Å². The zero-order valence-electron chi connectivity index (χ0n) is 22.7. The van der Waals surface area contributed by atoms with E-state index >= 15 is 0 Å². The number of benzene rings is 2. The number of aliphatic carboxylic acids is 1. The van der Waals surface area contributed by atoms with Crippen molar-refractivity contribution in [3.8, 4) is 17.1 Å². The number of piperazine rings is 1. The van der Waals surface area contributed by atoms with Crippen molar-refractivity contribution in [2.75, 3.05) is 18.0 Å². The van der Waals surface area contributed by atoms with Gasteiger partial charge in [0.25, 0.3) is 0 Å². The monoisotopic (exact) mass is 520 g/mol. The molecule has 1 saturated heterocycles. The third kappa shape index (κ3) is 6.51. The molecular weight excluding hydrogens is 480 g/mol. The number of hydrogen-bond acceptors (Lipinski definition) is 7. The molecular formula is C29H40N6O3. The summed E-state index contributed by atoms with van der Waals surface area (Å²) in [7, 11) is 0. The Kier molecular flexibility index (Phi) is 8.99. The van der Waals surface area contributed by atoms with Crippen molar-refractivity contribution in [1.82, 2.24) is 25.5 Å². The maximum absolute atomic E-state index is 11.1. The Bertz CT molecular complexity index is 1220. The third-order valence-corrected chi connectivity index (χ3v) is 7.52. The van der Waals surface area contributed by atoms with E-state index < -0.39 is 5.97 Å². The number of tetrazole rings is 1. The van der Waals surface area contributed by atoms with Gasteiger partial charge in [-0.05, 0) is 60.7 Å². The Labute approximate surface area is 224 Å². The van der Waals surface area contributed by atoms with Crippen LogP contribution in [0.2, 0.25) is 0 Å². The molecule has 38 heavy (non-hydrogen) atoms. The summed E-state index contributed by atoms with van der Waals surface area (Å²) in [6.45, 7) is 8.95. The lowest BCUT2D eigenvalue weighted by Crippen LogP contribution is -2.62. The summed E-state index contributed by atoms with van der Waals surface area (Å²) in [5.41, 5.74) is 3.95. The van der Waals surface area contributed by atoms with Gasteiger partial charge in [0.15, 0.2) is 5.82 Å². The van der Waals surface area contributed by atoms with Crippen molar-refractivity contribution in [2.45, 2.75) is 83.8 Å². The minimum atomic E-state index is -0.793. The van der Waals surface area contributed by atoms with Crippen molar-refractivity contribution < 1.29 is 15.0 Å². The lowest BCUT2D eigenvalue weighted by molar-refractivity contribution is -0.137. The molecule has 1 aliphatic heterocycles. The number of anilines is 1. The number of para-hydroxylation sites is 1. The van der Waals surface area contributed by atoms with Gasteiger partial charge in [-0.3, -0.25) is 4.79 Å². The van der Waals surface area contributed by atoms with Gasteiger partial charge in [0.1, 0.15) is 5.75 Å². The zero-order chi connectivity index (χ0) is 27.1. The van der Waals surface area contributed by atoms with Gasteiger partial charge < -0.3 is 20.4 Å². The molecule has 0 amide bonds. The third-order valence-electron chi connectivity index (χ3n) is 7.52. The summed E-state index contributed by atoms with van der Waals surface area (Å²) in [6, 6.07) is 14.1. The van der Waals surface area contributed by atoms with Crippen LogP contribution in [0.3, 0.4) is 0 Å². The van der Waals surface area contributed by atoms with E-state index in [4.69, 9.17) is 5.11 Å². The predicted octanol–water partition coefficient (Wildman–Crippen LogP) is 4.64. The lowest BCUT2D eigenvalue weighted by atomic mass is 9.89. The predicted molar refractivity (Wildman–Crippen MR) is 148 cm³/mol. The van der Waals surface area contributed by atoms with Gasteiger partial charge >= 0.3 is 5.97 Å². The Morgan fingerprint density at radius 1 is 1.13 bits per heavy atom. The van der Waals surface area contributed by atoms with Crippen LogP contribution in [0.25, 0.3) is 11.4 Å². The highest BCUT2D eigenvalue weighted by Gasteiger charge is 2.35. The van der Waals surface area contributed by atoms with Crippen LogP contribution in [0, 0.1) is 0 Å². The summed E-state index contributed by atoms with van der Waals surface area (Å²) < 4.78 is 1.75. The van der Waals surface area contributed by atoms with E-state index in [1.54, 1.807) is 10.7 Å². The van der Waals surface area contributed by atoms with Crippen molar-refractivity contribution in [1.29, 1.82) is 0 Å². The quantitative estimate of drug-likeness (QED) is 0.296. The van der Waals surface area contributed by atoms with Gasteiger partial charge in [-0.25, -0.2) is 4.68 Å². The first-order valence-electron chi connectivity index (χ1n) is 13.7. The molecule has 9 nitrogen and oxygen atoms in total. The van der Waals surface area contributed by atoms with Crippen LogP contribution in [-0.2, 0) is 17.8 Å². The molecule has 0 bridgehead atoms. The summed E-state index contributed by atoms with van der Waals surface area (Å²) in [5, 5.41) is 36.2. The maximum Gasteiger partial charge on any atom is 0.303 e. The Balaban J connectivity index is 1.62. The molecule has 2 atom stereocenters. The molecule has 2 aromatic carbocycles. The first-order valence-corrected chi connectivity index (χ1v) is 13.7. The Hall–Kier alpha value is -3.46. The summed E-state index contributed by atoms with van der Waals surface area (Å²) >= 11 is 0. The van der Waals surface area contributed by atoms with Crippen LogP contribution in [0.1, 0.15) is 70.4 Å². The molecule has 1 aliphatic rings. The fourth-order valence-electron chi connectivity index (χ4n) is 5.36. The largest absolute Gasteiger partial charge is 0.506 e. The van der Waals surface area contributed by atoms with Gasteiger partial charge in [-0.15, -0.1) is 5.10 Å². The number of carboxylic acids is 1. The molecule has 0 unspecified atom stereocenters. The molecule has 0 saturated carbocycles. The molecule has 1 fully saturated rings. The van der Waals surface area contributed by atoms with Gasteiger partial charge in [0, 0.05) is 49.6 Å². The second-order valence-electron chi connectivity index (χ2n) is 10.7. The summed E-state index contributed by atoms with van der Waals surface area (Å²) in [4.78, 5) is 13.2. The Morgan fingerprint density at radius 3 is 2.71 bits per heavy atom. The molecule has 3 aromatic rings. The van der Waals surface area contributed by atoms with Crippen LogP contribution >= 0.6 is 0 Å². The topological polar surface area (TPSA) is 116 Å². The second-order valence-corrected chi connectivity index (χ2v) is 10.7. The number of aryl methyl sites for hydroxylation is 1. The molecule has 0 radical (unpaired) electrons. The minimum Gasteiger partial charge on any atom is -0.506 e. The minimum absolute atomic E-state index is 0.0112. The molecule has 204 valence electrons. The number of nitrogens with zero attached hydrogens (tertiary/aromatic N) is 5. The molecule has 1 aromatic heterocycles. The lowest BCUT2D eigenvalue weighted by Gasteiger charge is -2.47. The number of hydrogen-bond donors (Lipinski definition) is 3. The van der Waals surface area contributed by atoms with Crippen LogP contribution in [0.5, 0.6) is 5.75 Å². The van der Waals surface area contributed by atoms with Crippen LogP contribution in [0.4, 0.5) is 5.69 Å². The normalized spacial score (nSPS) is 19.6. The van der Waals surface area contributed by atoms with Crippen molar-refractivity contribution in [3.05, 3.63) is 53.6 Å². The highest BCUT2D eigenvalue weighted by Crippen LogP contribution is 2.38. The second kappa shape index (κ2) is 12.4. The number of aromatic nitrogens is 4. The number of aromatic hydroxyl groups is 1. The number of unbranched alkanes of at least 4 members (excludes halogenated alkanes) is 2. The maximum atomic E-state index is 11.1. The van der Waals surface area contributed by atoms with E-state index in [0.29, 0.717) is 37.4 Å². The zero-order valence-corrected chi connectivity index (χ0v) is 22.7. The van der Waals surface area contributed by atoms with Crippen LogP contribution in [-0.4, -0.2) is 61.1 Å². The number of carboxylic acid groups (broad SMARTS) is 1. The number of carbonyl (C=O) groups is 1. The van der Waals surface area contributed by atoms with E-state index in [2.05, 4.69) is 58.6 Å². The number of rotatable bonds is 12. The smallest absolute Gasteiger partial charge is 0.303 e. The number of phenolic OH excluding ortho intramolecular Hbond substituents is 1. The van der Waals surface area contributed by atoms with E-state index in [-0.39, 0.29) is 18.0 Å². The number of phenols is 1. The number of nitrogens with one attached hydrogen (secondary N) is 1. The molecule has 4 rings (SSSR count). The van der Waals surface area contributed by atoms with Gasteiger partial charge in [-0.1, -0.05) is 56.2 Å². The summed E-state index contributed by atoms with van der Waals surface area (Å²) in [6.07, 6.45) is 5.42. The van der Waals surface area contributed by atoms with E-state index in [9.17, 15) is 9.90 Å². The highest BCUT2D eigenvalue weighted by molar-refractivity contribution is 5.68. The molecule has 0 aliphatic carbocycles. The van der Waals surface area contributed by atoms with Gasteiger partial charge in [-0.2, -0.15) is 0 Å². The first-order chi connectivity index (χ1) is 18.3. The fraction of sp³-hybridized carbons (Fsp3) is 0.517. The van der Waals surface area contributed by atoms with Gasteiger partial charge in [0.2, 0.25) is 0 Å². The molecule has 9 heteroatoms. The van der Waals surface area contributed by atoms with E-state index in [1.807, 2.05) is 24.3 Å². The fourth-order valence-corrected chi connectivity index (χ4v) is 5.36. The Morgan fingerprint density at radius 2 is 1.92 bits per heavy atom. The SMILES string of the molecule is CCCC[C@]1(C)CN(c2c(O)cccc2Cc2ccccc2-c2nnnn2CCCCC(=O)O)[C@@H](C)CN1. The summed E-state index contributed by atoms with van der Waals surface area (Å²) in [5.74, 6) is 0.175. The molecule has 2 heterocycles. The first kappa shape index (κ1) is 27.6. The highest BCUT2D eigenvalue weighted by atomic mass is 16.4. The molecule has 0 spiro atoms.